The van der Waals surface area contributed by atoms with Crippen LogP contribution in [0.1, 0.15) is 60.9 Å². The van der Waals surface area contributed by atoms with E-state index in [1.165, 1.54) is 0 Å². The van der Waals surface area contributed by atoms with Crippen LogP contribution in [0.25, 0.3) is 0 Å². The summed E-state index contributed by atoms with van der Waals surface area (Å²) in [6, 6.07) is 7.44. The Hall–Kier alpha value is -2.37. The van der Waals surface area contributed by atoms with Crippen LogP contribution in [0.2, 0.25) is 0 Å². The first-order valence-electron chi connectivity index (χ1n) is 9.49. The van der Waals surface area contributed by atoms with E-state index >= 15 is 0 Å². The highest BCUT2D eigenvalue weighted by Crippen LogP contribution is 2.20. The van der Waals surface area contributed by atoms with Gasteiger partial charge in [-0.15, -0.1) is 0 Å². The van der Waals surface area contributed by atoms with Gasteiger partial charge in [-0.25, -0.2) is 0 Å². The van der Waals surface area contributed by atoms with Crippen LogP contribution in [0.4, 0.5) is 0 Å². The number of hydrogen-bond acceptors (Lipinski definition) is 3. The molecule has 6 nitrogen and oxygen atoms in total. The zero-order chi connectivity index (χ0) is 18.5. The molecule has 0 unspecified atom stereocenters. The van der Waals surface area contributed by atoms with Crippen molar-refractivity contribution in [2.75, 3.05) is 0 Å². The third kappa shape index (κ3) is 4.62. The van der Waals surface area contributed by atoms with E-state index in [1.807, 2.05) is 31.2 Å². The fraction of sp³-hybridized carbons (Fsp3) is 0.550. The topological polar surface area (TPSA) is 87.3 Å². The molecular formula is C20H27N3O3. The van der Waals surface area contributed by atoms with Crippen molar-refractivity contribution in [3.8, 4) is 0 Å². The molecule has 3 N–H and O–H groups in total. The van der Waals surface area contributed by atoms with Gasteiger partial charge in [-0.1, -0.05) is 18.2 Å². The van der Waals surface area contributed by atoms with Gasteiger partial charge in [0, 0.05) is 24.1 Å². The number of carbonyl (C=O) groups is 3. The van der Waals surface area contributed by atoms with E-state index in [0.717, 1.165) is 43.2 Å². The van der Waals surface area contributed by atoms with E-state index < -0.39 is 6.04 Å². The van der Waals surface area contributed by atoms with Gasteiger partial charge in [0.1, 0.15) is 6.04 Å². The Morgan fingerprint density at radius 3 is 2.31 bits per heavy atom. The third-order valence-electron chi connectivity index (χ3n) is 5.35. The molecule has 0 bridgehead atoms. The number of aryl methyl sites for hydroxylation is 1. The molecule has 1 aliphatic heterocycles. The number of benzene rings is 1. The van der Waals surface area contributed by atoms with E-state index in [0.29, 0.717) is 12.8 Å². The summed E-state index contributed by atoms with van der Waals surface area (Å²) in [5.41, 5.74) is 1.69. The molecule has 1 aromatic carbocycles. The monoisotopic (exact) mass is 357 g/mol. The van der Waals surface area contributed by atoms with Crippen LogP contribution in [0.3, 0.4) is 0 Å². The fourth-order valence-corrected chi connectivity index (χ4v) is 3.78. The molecule has 1 saturated carbocycles. The van der Waals surface area contributed by atoms with Crippen molar-refractivity contribution in [3.05, 3.63) is 35.4 Å². The summed E-state index contributed by atoms with van der Waals surface area (Å²) < 4.78 is 0. The van der Waals surface area contributed by atoms with Gasteiger partial charge in [0.15, 0.2) is 0 Å². The quantitative estimate of drug-likeness (QED) is 0.768. The number of nitrogens with one attached hydrogen (secondary N) is 3. The molecule has 1 atom stereocenters. The molecule has 2 fully saturated rings. The van der Waals surface area contributed by atoms with Gasteiger partial charge in [-0.3, -0.25) is 14.4 Å². The Morgan fingerprint density at radius 1 is 1.00 bits per heavy atom. The molecule has 0 spiro atoms. The predicted molar refractivity (Wildman–Crippen MR) is 98.6 cm³/mol. The Morgan fingerprint density at radius 2 is 1.65 bits per heavy atom. The number of piperidine rings is 1. The van der Waals surface area contributed by atoms with Crippen LogP contribution in [0, 0.1) is 6.92 Å². The highest BCUT2D eigenvalue weighted by Gasteiger charge is 2.28. The molecule has 2 aliphatic rings. The summed E-state index contributed by atoms with van der Waals surface area (Å²) in [5.74, 6) is -0.148. The Balaban J connectivity index is 1.44. The van der Waals surface area contributed by atoms with Crippen molar-refractivity contribution < 1.29 is 14.4 Å². The minimum Gasteiger partial charge on any atom is -0.352 e. The molecule has 1 saturated heterocycles. The smallest absolute Gasteiger partial charge is 0.251 e. The summed E-state index contributed by atoms with van der Waals surface area (Å²) in [7, 11) is 0. The summed E-state index contributed by atoms with van der Waals surface area (Å²) in [6.45, 7) is 1.94. The molecule has 1 heterocycles. The van der Waals surface area contributed by atoms with E-state index in [2.05, 4.69) is 16.0 Å². The van der Waals surface area contributed by atoms with Crippen molar-refractivity contribution >= 4 is 17.7 Å². The van der Waals surface area contributed by atoms with Gasteiger partial charge in [0.25, 0.3) is 5.91 Å². The Labute approximate surface area is 154 Å². The minimum atomic E-state index is -0.394. The average Bonchev–Trinajstić information content (AvgIpc) is 2.63. The normalized spacial score (nSPS) is 25.9. The molecule has 6 heteroatoms. The van der Waals surface area contributed by atoms with Crippen molar-refractivity contribution in [3.63, 3.8) is 0 Å². The van der Waals surface area contributed by atoms with Crippen LogP contribution in [0.5, 0.6) is 0 Å². The molecule has 140 valence electrons. The number of amides is 3. The number of rotatable bonds is 4. The summed E-state index contributed by atoms with van der Waals surface area (Å²) >= 11 is 0. The van der Waals surface area contributed by atoms with Crippen molar-refractivity contribution in [1.29, 1.82) is 0 Å². The number of carbonyl (C=O) groups excluding carboxylic acids is 3. The second kappa shape index (κ2) is 8.34. The molecule has 26 heavy (non-hydrogen) atoms. The Bertz CT molecular complexity index is 681. The van der Waals surface area contributed by atoms with Crippen molar-refractivity contribution in [2.24, 2.45) is 0 Å². The summed E-state index contributed by atoms with van der Waals surface area (Å²) in [5, 5.41) is 8.92. The highest BCUT2D eigenvalue weighted by molar-refractivity contribution is 5.95. The number of hydrogen-bond donors (Lipinski definition) is 3. The van der Waals surface area contributed by atoms with Gasteiger partial charge in [-0.05, 0) is 57.1 Å². The van der Waals surface area contributed by atoms with Gasteiger partial charge >= 0.3 is 0 Å². The minimum absolute atomic E-state index is 0.0273. The van der Waals surface area contributed by atoms with E-state index in [1.54, 1.807) is 0 Å². The average molecular weight is 357 g/mol. The van der Waals surface area contributed by atoms with Crippen molar-refractivity contribution in [2.45, 2.75) is 70.0 Å². The van der Waals surface area contributed by atoms with Crippen LogP contribution < -0.4 is 16.0 Å². The SMILES string of the molecule is Cc1ccccc1C(=O)NC1CCC(NC(=O)[C@H]2CCCC(=O)N2)CC1. The van der Waals surface area contributed by atoms with Crippen LogP contribution in [0.15, 0.2) is 24.3 Å². The zero-order valence-corrected chi connectivity index (χ0v) is 15.2. The second-order valence-electron chi connectivity index (χ2n) is 7.36. The summed E-state index contributed by atoms with van der Waals surface area (Å²) in [6.07, 6.45) is 5.35. The molecule has 0 aromatic heterocycles. The highest BCUT2D eigenvalue weighted by atomic mass is 16.2. The maximum Gasteiger partial charge on any atom is 0.251 e. The van der Waals surface area contributed by atoms with Gasteiger partial charge in [0.2, 0.25) is 11.8 Å². The predicted octanol–water partition coefficient (Wildman–Crippen LogP) is 1.82. The molecule has 1 aliphatic carbocycles. The van der Waals surface area contributed by atoms with Crippen LogP contribution in [-0.2, 0) is 9.59 Å². The van der Waals surface area contributed by atoms with Crippen molar-refractivity contribution in [1.82, 2.24) is 16.0 Å². The Kier molecular flexibility index (Phi) is 5.91. The fourth-order valence-electron chi connectivity index (χ4n) is 3.78. The van der Waals surface area contributed by atoms with Gasteiger partial charge in [-0.2, -0.15) is 0 Å². The maximum atomic E-state index is 12.4. The lowest BCUT2D eigenvalue weighted by Gasteiger charge is -2.31. The van der Waals surface area contributed by atoms with E-state index in [4.69, 9.17) is 0 Å². The summed E-state index contributed by atoms with van der Waals surface area (Å²) in [4.78, 5) is 36.1. The third-order valence-corrected chi connectivity index (χ3v) is 5.35. The van der Waals surface area contributed by atoms with E-state index in [9.17, 15) is 14.4 Å². The molecular weight excluding hydrogens is 330 g/mol. The molecule has 3 rings (SSSR count). The van der Waals surface area contributed by atoms with Crippen LogP contribution >= 0.6 is 0 Å². The maximum absolute atomic E-state index is 12.4. The lowest BCUT2D eigenvalue weighted by Crippen LogP contribution is -2.52. The van der Waals surface area contributed by atoms with Gasteiger partial charge in [0.05, 0.1) is 0 Å². The first-order valence-corrected chi connectivity index (χ1v) is 9.49. The van der Waals surface area contributed by atoms with Gasteiger partial charge < -0.3 is 16.0 Å². The zero-order valence-electron chi connectivity index (χ0n) is 15.2. The van der Waals surface area contributed by atoms with Crippen LogP contribution in [-0.4, -0.2) is 35.8 Å². The lowest BCUT2D eigenvalue weighted by molar-refractivity contribution is -0.131. The molecule has 3 amide bonds. The standard InChI is InChI=1S/C20H27N3O3/c1-13-5-2-3-6-16(13)19(25)21-14-9-11-15(12-10-14)22-20(26)17-7-4-8-18(24)23-17/h2-3,5-6,14-15,17H,4,7-12H2,1H3,(H,21,25)(H,22,26)(H,23,24)/t14?,15?,17-/m1/s1. The first-order chi connectivity index (χ1) is 12.5. The van der Waals surface area contributed by atoms with E-state index in [-0.39, 0.29) is 29.8 Å². The largest absolute Gasteiger partial charge is 0.352 e. The lowest BCUT2D eigenvalue weighted by atomic mass is 9.90. The molecule has 1 aromatic rings. The second-order valence-corrected chi connectivity index (χ2v) is 7.36. The first kappa shape index (κ1) is 18.4. The molecule has 0 radical (unpaired) electrons.